The van der Waals surface area contributed by atoms with Crippen molar-refractivity contribution in [3.8, 4) is 0 Å². The zero-order chi connectivity index (χ0) is 13.1. The van der Waals surface area contributed by atoms with Gasteiger partial charge in [-0.05, 0) is 0 Å². The summed E-state index contributed by atoms with van der Waals surface area (Å²) in [6.07, 6.45) is 15.1. The Balaban J connectivity index is 2.01. The van der Waals surface area contributed by atoms with Crippen molar-refractivity contribution in [2.24, 2.45) is 11.8 Å². The van der Waals surface area contributed by atoms with Crippen LogP contribution in [0.3, 0.4) is 0 Å². The van der Waals surface area contributed by atoms with Crippen molar-refractivity contribution in [3.05, 3.63) is 49.1 Å². The number of rotatable bonds is 1. The summed E-state index contributed by atoms with van der Waals surface area (Å²) in [5, 5.41) is 0. The van der Waals surface area contributed by atoms with E-state index in [1.807, 2.05) is 24.3 Å². The first-order valence-corrected chi connectivity index (χ1v) is 5.89. The third-order valence-corrected chi connectivity index (χ3v) is 3.05. The molecule has 0 saturated carbocycles. The monoisotopic (exact) mass is 244 g/mol. The van der Waals surface area contributed by atoms with Crippen molar-refractivity contribution >= 4 is 11.8 Å². The standard InChI is InChI=1S/C14H16N2O2/c1-11(17)15-7-3-13(4-8-15)14-5-9-16(10-6-14)12(2)18/h3-10,13-14H,1-2H3. The Hall–Kier alpha value is -2.10. The van der Waals surface area contributed by atoms with E-state index < -0.39 is 0 Å². The predicted molar refractivity (Wildman–Crippen MR) is 68.6 cm³/mol. The number of amides is 2. The Morgan fingerprint density at radius 3 is 1.22 bits per heavy atom. The van der Waals surface area contributed by atoms with Gasteiger partial charge in [0.1, 0.15) is 0 Å². The predicted octanol–water partition coefficient (Wildman–Crippen LogP) is 2.00. The van der Waals surface area contributed by atoms with Gasteiger partial charge in [-0.25, -0.2) is 0 Å². The topological polar surface area (TPSA) is 40.6 Å². The molecule has 4 heteroatoms. The summed E-state index contributed by atoms with van der Waals surface area (Å²) in [4.78, 5) is 25.4. The Labute approximate surface area is 107 Å². The number of nitrogens with zero attached hydrogens (tertiary/aromatic N) is 2. The summed E-state index contributed by atoms with van der Waals surface area (Å²) in [6.45, 7) is 3.06. The second kappa shape index (κ2) is 5.04. The molecule has 2 aliphatic rings. The summed E-state index contributed by atoms with van der Waals surface area (Å²) in [7, 11) is 0. The zero-order valence-electron chi connectivity index (χ0n) is 10.5. The molecule has 0 unspecified atom stereocenters. The molecule has 0 bridgehead atoms. The first-order chi connectivity index (χ1) is 8.58. The molecule has 0 N–H and O–H groups in total. The largest absolute Gasteiger partial charge is 0.296 e. The van der Waals surface area contributed by atoms with E-state index in [1.165, 1.54) is 13.8 Å². The van der Waals surface area contributed by atoms with Gasteiger partial charge in [-0.1, -0.05) is 24.3 Å². The normalized spacial score (nSPS) is 19.7. The van der Waals surface area contributed by atoms with Crippen LogP contribution in [0.2, 0.25) is 0 Å². The Kier molecular flexibility index (Phi) is 3.46. The molecule has 0 aromatic carbocycles. The van der Waals surface area contributed by atoms with Crippen LogP contribution in [0.25, 0.3) is 0 Å². The van der Waals surface area contributed by atoms with Crippen LogP contribution in [-0.4, -0.2) is 21.6 Å². The lowest BCUT2D eigenvalue weighted by atomic mass is 9.90. The molecule has 0 atom stereocenters. The molecule has 0 radical (unpaired) electrons. The average Bonchev–Trinajstić information content (AvgIpc) is 2.39. The van der Waals surface area contributed by atoms with E-state index in [1.54, 1.807) is 34.6 Å². The quantitative estimate of drug-likeness (QED) is 0.708. The van der Waals surface area contributed by atoms with E-state index in [0.717, 1.165) is 0 Å². The molecular weight excluding hydrogens is 228 g/mol. The van der Waals surface area contributed by atoms with Crippen LogP contribution in [-0.2, 0) is 9.59 Å². The van der Waals surface area contributed by atoms with E-state index in [4.69, 9.17) is 0 Å². The van der Waals surface area contributed by atoms with E-state index >= 15 is 0 Å². The van der Waals surface area contributed by atoms with Gasteiger partial charge in [-0.2, -0.15) is 0 Å². The lowest BCUT2D eigenvalue weighted by Crippen LogP contribution is -2.23. The molecule has 4 nitrogen and oxygen atoms in total. The van der Waals surface area contributed by atoms with Gasteiger partial charge in [0.05, 0.1) is 0 Å². The third-order valence-electron chi connectivity index (χ3n) is 3.05. The van der Waals surface area contributed by atoms with Crippen LogP contribution < -0.4 is 0 Å². The Morgan fingerprint density at radius 2 is 1.00 bits per heavy atom. The highest BCUT2D eigenvalue weighted by atomic mass is 16.2. The molecule has 0 aromatic rings. The second-order valence-electron chi connectivity index (χ2n) is 4.37. The number of carbonyl (C=O) groups excluding carboxylic acids is 2. The summed E-state index contributed by atoms with van der Waals surface area (Å²) in [5.74, 6) is 0.446. The summed E-state index contributed by atoms with van der Waals surface area (Å²) < 4.78 is 0. The summed E-state index contributed by atoms with van der Waals surface area (Å²) in [5.41, 5.74) is 0. The van der Waals surface area contributed by atoms with Gasteiger partial charge in [-0.3, -0.25) is 19.4 Å². The molecule has 0 saturated heterocycles. The van der Waals surface area contributed by atoms with Crippen molar-refractivity contribution < 1.29 is 9.59 Å². The molecule has 0 aliphatic carbocycles. The molecule has 0 aromatic heterocycles. The van der Waals surface area contributed by atoms with Crippen molar-refractivity contribution in [1.82, 2.24) is 9.80 Å². The first kappa shape index (κ1) is 12.4. The van der Waals surface area contributed by atoms with Gasteiger partial charge in [0, 0.05) is 50.5 Å². The smallest absolute Gasteiger partial charge is 0.227 e. The number of hydrogen-bond donors (Lipinski definition) is 0. The van der Waals surface area contributed by atoms with Crippen molar-refractivity contribution in [3.63, 3.8) is 0 Å². The van der Waals surface area contributed by atoms with Crippen LogP contribution in [0, 0.1) is 11.8 Å². The highest BCUT2D eigenvalue weighted by Gasteiger charge is 2.18. The van der Waals surface area contributed by atoms with E-state index in [0.29, 0.717) is 0 Å². The molecule has 0 fully saturated rings. The van der Waals surface area contributed by atoms with Crippen LogP contribution in [0.5, 0.6) is 0 Å². The second-order valence-corrected chi connectivity index (χ2v) is 4.37. The van der Waals surface area contributed by atoms with Crippen LogP contribution in [0.1, 0.15) is 13.8 Å². The molecule has 94 valence electrons. The number of carbonyl (C=O) groups is 2. The Bertz CT molecular complexity index is 402. The van der Waals surface area contributed by atoms with E-state index in [9.17, 15) is 9.59 Å². The van der Waals surface area contributed by atoms with Gasteiger partial charge in [-0.15, -0.1) is 0 Å². The van der Waals surface area contributed by atoms with Crippen LogP contribution in [0.4, 0.5) is 0 Å². The summed E-state index contributed by atoms with van der Waals surface area (Å²) >= 11 is 0. The fourth-order valence-electron chi connectivity index (χ4n) is 1.93. The summed E-state index contributed by atoms with van der Waals surface area (Å²) in [6, 6.07) is 0. The SMILES string of the molecule is CC(=O)N1C=CC(C2C=CN(C(C)=O)C=C2)C=C1. The molecule has 18 heavy (non-hydrogen) atoms. The van der Waals surface area contributed by atoms with Crippen LogP contribution in [0.15, 0.2) is 49.1 Å². The maximum Gasteiger partial charge on any atom is 0.227 e. The van der Waals surface area contributed by atoms with Crippen LogP contribution >= 0.6 is 0 Å². The van der Waals surface area contributed by atoms with Gasteiger partial charge in [0.25, 0.3) is 0 Å². The van der Waals surface area contributed by atoms with Crippen molar-refractivity contribution in [2.75, 3.05) is 0 Å². The minimum absolute atomic E-state index is 0.00145. The van der Waals surface area contributed by atoms with Gasteiger partial charge < -0.3 is 0 Å². The molecule has 2 amide bonds. The molecule has 0 spiro atoms. The van der Waals surface area contributed by atoms with E-state index in [-0.39, 0.29) is 23.7 Å². The lowest BCUT2D eigenvalue weighted by Gasteiger charge is -2.25. The maximum atomic E-state index is 11.2. The number of allylic oxidation sites excluding steroid dienone is 4. The lowest BCUT2D eigenvalue weighted by molar-refractivity contribution is -0.125. The average molecular weight is 244 g/mol. The first-order valence-electron chi connectivity index (χ1n) is 5.89. The van der Waals surface area contributed by atoms with Crippen molar-refractivity contribution in [1.29, 1.82) is 0 Å². The van der Waals surface area contributed by atoms with E-state index in [2.05, 4.69) is 0 Å². The maximum absolute atomic E-state index is 11.2. The third kappa shape index (κ3) is 2.59. The highest BCUT2D eigenvalue weighted by Crippen LogP contribution is 2.24. The fourth-order valence-corrected chi connectivity index (χ4v) is 1.93. The molecule has 2 aliphatic heterocycles. The molecular formula is C14H16N2O2. The van der Waals surface area contributed by atoms with Gasteiger partial charge in [0.15, 0.2) is 0 Å². The van der Waals surface area contributed by atoms with Gasteiger partial charge in [0.2, 0.25) is 11.8 Å². The molecule has 2 heterocycles. The fraction of sp³-hybridized carbons (Fsp3) is 0.286. The van der Waals surface area contributed by atoms with Crippen molar-refractivity contribution in [2.45, 2.75) is 13.8 Å². The zero-order valence-corrected chi connectivity index (χ0v) is 10.5. The minimum atomic E-state index is -0.00145. The minimum Gasteiger partial charge on any atom is -0.296 e. The number of hydrogen-bond acceptors (Lipinski definition) is 2. The van der Waals surface area contributed by atoms with Gasteiger partial charge >= 0.3 is 0 Å². The highest BCUT2D eigenvalue weighted by molar-refractivity contribution is 5.76. The molecule has 2 rings (SSSR count). The Morgan fingerprint density at radius 1 is 0.722 bits per heavy atom.